The van der Waals surface area contributed by atoms with Crippen molar-refractivity contribution in [3.63, 3.8) is 0 Å². The van der Waals surface area contributed by atoms with E-state index in [9.17, 15) is 30.0 Å². The number of hydrogen-bond acceptors (Lipinski definition) is 11. The summed E-state index contributed by atoms with van der Waals surface area (Å²) in [7, 11) is 0. The van der Waals surface area contributed by atoms with E-state index in [-0.39, 0.29) is 12.8 Å². The van der Waals surface area contributed by atoms with Crippen LogP contribution in [0.5, 0.6) is 0 Å². The number of aliphatic hydroxyl groups is 5. The Morgan fingerprint density at radius 1 is 0.784 bits per heavy atom. The van der Waals surface area contributed by atoms with Crippen molar-refractivity contribution in [3.8, 4) is 0 Å². The number of carbonyl (C=O) groups excluding carboxylic acids is 2. The number of aliphatic hydroxyl groups excluding tert-OH is 5. The van der Waals surface area contributed by atoms with Crippen molar-refractivity contribution in [2.24, 2.45) is 0 Å². The van der Waals surface area contributed by atoms with E-state index in [2.05, 4.69) is 13.8 Å². The van der Waals surface area contributed by atoms with Gasteiger partial charge in [-0.2, -0.15) is 0 Å². The summed E-state index contributed by atoms with van der Waals surface area (Å²) in [5.41, 5.74) is 0. The Balaban J connectivity index is 2.94. The fourth-order valence-electron chi connectivity index (χ4n) is 4.03. The van der Waals surface area contributed by atoms with Gasteiger partial charge in [-0.25, -0.2) is 0 Å². The average Bonchev–Trinajstić information content (AvgIpc) is 2.89. The molecule has 0 unspecified atom stereocenters. The molecule has 0 bridgehead atoms. The molecule has 0 saturated carbocycles. The summed E-state index contributed by atoms with van der Waals surface area (Å²) < 4.78 is 22.2. The maximum Gasteiger partial charge on any atom is 0.306 e. The molecule has 0 aromatic carbocycles. The number of ether oxygens (including phenoxy) is 4. The van der Waals surface area contributed by atoms with Crippen LogP contribution in [0.2, 0.25) is 0 Å². The van der Waals surface area contributed by atoms with Crippen molar-refractivity contribution >= 4 is 11.9 Å². The van der Waals surface area contributed by atoms with Crippen molar-refractivity contribution in [3.05, 3.63) is 0 Å². The molecule has 1 heterocycles. The molecule has 5 N–H and O–H groups in total. The Hall–Kier alpha value is -1.34. The SMILES string of the molecule is CCCCCCCC(=O)O[C@@H]1[C@H](OC[C@H](O)[C@H](O)CO)O[C@H](CO)[C@@H](O)[C@@H]1OC(=O)CCCCCCC. The summed E-state index contributed by atoms with van der Waals surface area (Å²) in [5, 5.41) is 49.1. The number of hydrogen-bond donors (Lipinski definition) is 5. The minimum atomic E-state index is -1.50. The fourth-order valence-corrected chi connectivity index (χ4v) is 4.03. The highest BCUT2D eigenvalue weighted by Crippen LogP contribution is 2.28. The van der Waals surface area contributed by atoms with E-state index in [0.29, 0.717) is 12.8 Å². The van der Waals surface area contributed by atoms with Gasteiger partial charge in [-0.05, 0) is 12.8 Å². The van der Waals surface area contributed by atoms with Crippen molar-refractivity contribution in [2.75, 3.05) is 19.8 Å². The summed E-state index contributed by atoms with van der Waals surface area (Å²) in [5.74, 6) is -1.18. The number of unbranched alkanes of at least 4 members (excludes halogenated alkanes) is 8. The number of carbonyl (C=O) groups is 2. The van der Waals surface area contributed by atoms with Crippen LogP contribution in [0.1, 0.15) is 90.9 Å². The van der Waals surface area contributed by atoms with Crippen molar-refractivity contribution in [2.45, 2.75) is 134 Å². The molecule has 1 rings (SSSR count). The number of esters is 2. The Bertz CT molecular complexity index is 617. The average molecular weight is 537 g/mol. The van der Waals surface area contributed by atoms with Crippen LogP contribution in [0.4, 0.5) is 0 Å². The first-order valence-corrected chi connectivity index (χ1v) is 13.7. The maximum atomic E-state index is 12.6. The molecule has 0 amide bonds. The Kier molecular flexibility index (Phi) is 17.9. The predicted molar refractivity (Wildman–Crippen MR) is 133 cm³/mol. The summed E-state index contributed by atoms with van der Waals surface area (Å²) in [6.07, 6.45) is -0.445. The highest BCUT2D eigenvalue weighted by atomic mass is 16.7. The zero-order valence-corrected chi connectivity index (χ0v) is 22.3. The molecule has 0 spiro atoms. The lowest BCUT2D eigenvalue weighted by Gasteiger charge is -2.43. The molecule has 11 nitrogen and oxygen atoms in total. The second kappa shape index (κ2) is 19.7. The second-order valence-electron chi connectivity index (χ2n) is 9.60. The van der Waals surface area contributed by atoms with Gasteiger partial charge in [0, 0.05) is 12.8 Å². The molecule has 0 aliphatic carbocycles. The van der Waals surface area contributed by atoms with Gasteiger partial charge >= 0.3 is 11.9 Å². The summed E-state index contributed by atoms with van der Waals surface area (Å²) in [4.78, 5) is 25.2. The highest BCUT2D eigenvalue weighted by molar-refractivity contribution is 5.70. The molecule has 218 valence electrons. The summed E-state index contributed by atoms with van der Waals surface area (Å²) in [6, 6.07) is 0. The van der Waals surface area contributed by atoms with Crippen LogP contribution < -0.4 is 0 Å². The zero-order valence-electron chi connectivity index (χ0n) is 22.3. The molecule has 7 atom stereocenters. The lowest BCUT2D eigenvalue weighted by atomic mass is 9.98. The van der Waals surface area contributed by atoms with E-state index < -0.39 is 74.7 Å². The third-order valence-corrected chi connectivity index (χ3v) is 6.36. The van der Waals surface area contributed by atoms with E-state index in [1.54, 1.807) is 0 Å². The predicted octanol–water partition coefficient (Wildman–Crippen LogP) is 1.34. The third kappa shape index (κ3) is 12.8. The van der Waals surface area contributed by atoms with Crippen molar-refractivity contribution in [1.29, 1.82) is 0 Å². The topological polar surface area (TPSA) is 172 Å². The van der Waals surface area contributed by atoms with Gasteiger partial charge in [0.15, 0.2) is 18.5 Å². The fraction of sp³-hybridized carbons (Fsp3) is 0.923. The minimum absolute atomic E-state index is 0.108. The van der Waals surface area contributed by atoms with Crippen LogP contribution >= 0.6 is 0 Å². The van der Waals surface area contributed by atoms with Gasteiger partial charge < -0.3 is 44.5 Å². The highest BCUT2D eigenvalue weighted by Gasteiger charge is 2.50. The Morgan fingerprint density at radius 3 is 1.78 bits per heavy atom. The molecular weight excluding hydrogens is 488 g/mol. The summed E-state index contributed by atoms with van der Waals surface area (Å²) in [6.45, 7) is 2.33. The van der Waals surface area contributed by atoms with Gasteiger partial charge in [-0.1, -0.05) is 65.2 Å². The van der Waals surface area contributed by atoms with Crippen LogP contribution in [0.25, 0.3) is 0 Å². The molecule has 1 aliphatic rings. The van der Waals surface area contributed by atoms with E-state index in [4.69, 9.17) is 24.1 Å². The van der Waals surface area contributed by atoms with E-state index in [0.717, 1.165) is 51.4 Å². The first kappa shape index (κ1) is 33.7. The van der Waals surface area contributed by atoms with Crippen molar-refractivity contribution in [1.82, 2.24) is 0 Å². The van der Waals surface area contributed by atoms with E-state index in [1.165, 1.54) is 0 Å². The molecule has 1 aliphatic heterocycles. The second-order valence-corrected chi connectivity index (χ2v) is 9.60. The zero-order chi connectivity index (χ0) is 27.6. The smallest absolute Gasteiger partial charge is 0.306 e. The molecule has 11 heteroatoms. The largest absolute Gasteiger partial charge is 0.455 e. The minimum Gasteiger partial charge on any atom is -0.455 e. The van der Waals surface area contributed by atoms with Gasteiger partial charge in [0.2, 0.25) is 0 Å². The van der Waals surface area contributed by atoms with Crippen LogP contribution in [-0.2, 0) is 28.5 Å². The summed E-state index contributed by atoms with van der Waals surface area (Å²) >= 11 is 0. The molecule has 0 aromatic heterocycles. The van der Waals surface area contributed by atoms with E-state index in [1.807, 2.05) is 0 Å². The molecule has 1 fully saturated rings. The lowest BCUT2D eigenvalue weighted by molar-refractivity contribution is -0.311. The van der Waals surface area contributed by atoms with Crippen LogP contribution in [0, 0.1) is 0 Å². The normalized spacial score (nSPS) is 25.4. The standard InChI is InChI=1S/C26H48O11/c1-3-5-7-9-11-13-21(31)36-24-23(33)20(16-28)35-26(34-17-19(30)18(29)15-27)25(24)37-22(32)14-12-10-8-6-4-2/h18-20,23-30,33H,3-17H2,1-2H3/t18-,19+,20-,23-,24+,25+,26-/m1/s1. The third-order valence-electron chi connectivity index (χ3n) is 6.36. The van der Waals surface area contributed by atoms with E-state index >= 15 is 0 Å². The van der Waals surface area contributed by atoms with Crippen LogP contribution in [0.3, 0.4) is 0 Å². The van der Waals surface area contributed by atoms with Gasteiger partial charge in [0.05, 0.1) is 19.8 Å². The molecule has 0 aromatic rings. The molecule has 37 heavy (non-hydrogen) atoms. The van der Waals surface area contributed by atoms with Gasteiger partial charge in [0.1, 0.15) is 24.4 Å². The van der Waals surface area contributed by atoms with Gasteiger partial charge in [-0.15, -0.1) is 0 Å². The maximum absolute atomic E-state index is 12.6. The van der Waals surface area contributed by atoms with Crippen molar-refractivity contribution < 1.29 is 54.1 Å². The molecule has 1 saturated heterocycles. The lowest BCUT2D eigenvalue weighted by Crippen LogP contribution is -2.62. The van der Waals surface area contributed by atoms with Crippen LogP contribution in [0.15, 0.2) is 0 Å². The molecular formula is C26H48O11. The molecule has 0 radical (unpaired) electrons. The van der Waals surface area contributed by atoms with Crippen LogP contribution in [-0.4, -0.2) is 100 Å². The first-order chi connectivity index (χ1) is 17.8. The first-order valence-electron chi connectivity index (χ1n) is 13.7. The quantitative estimate of drug-likeness (QED) is 0.112. The van der Waals surface area contributed by atoms with Gasteiger partial charge in [-0.3, -0.25) is 9.59 Å². The van der Waals surface area contributed by atoms with Gasteiger partial charge in [0.25, 0.3) is 0 Å². The number of rotatable bonds is 20. The Labute approximate surface area is 220 Å². The monoisotopic (exact) mass is 536 g/mol. The Morgan fingerprint density at radius 2 is 1.30 bits per heavy atom.